The molecule has 0 aromatic heterocycles. The van der Waals surface area contributed by atoms with E-state index in [9.17, 15) is 18.8 Å². The summed E-state index contributed by atoms with van der Waals surface area (Å²) in [4.78, 5) is 39.9. The lowest BCUT2D eigenvalue weighted by atomic mass is 9.92. The number of rotatable bonds is 4. The van der Waals surface area contributed by atoms with E-state index in [0.29, 0.717) is 16.3 Å². The van der Waals surface area contributed by atoms with E-state index >= 15 is 0 Å². The number of nitrogens with zero attached hydrogens (tertiary/aromatic N) is 1. The average Bonchev–Trinajstić information content (AvgIpc) is 2.79. The smallest absolute Gasteiger partial charge is 0.262 e. The van der Waals surface area contributed by atoms with Gasteiger partial charge in [-0.1, -0.05) is 35.9 Å². The molecule has 0 bridgehead atoms. The highest BCUT2D eigenvalue weighted by molar-refractivity contribution is 6.37. The Morgan fingerprint density at radius 1 is 1.06 bits per heavy atom. The summed E-state index contributed by atoms with van der Waals surface area (Å²) in [5.41, 5.74) is 2.33. The van der Waals surface area contributed by atoms with E-state index in [1.54, 1.807) is 55.6 Å². The molecule has 3 aromatic rings. The molecular weight excluding hydrogens is 431 g/mol. The first-order valence-electron chi connectivity index (χ1n) is 9.80. The molecule has 0 radical (unpaired) electrons. The molecule has 32 heavy (non-hydrogen) atoms. The number of amides is 2. The number of benzene rings is 3. The molecule has 0 saturated heterocycles. The summed E-state index contributed by atoms with van der Waals surface area (Å²) >= 11 is 6.01. The molecule has 0 atom stereocenters. The fourth-order valence-electron chi connectivity index (χ4n) is 3.46. The maximum Gasteiger partial charge on any atom is 0.262 e. The fourth-order valence-corrected chi connectivity index (χ4v) is 3.66. The third-order valence-electron chi connectivity index (χ3n) is 5.17. The maximum atomic E-state index is 13.1. The topological polar surface area (TPSA) is 66.5 Å². The van der Waals surface area contributed by atoms with Crippen LogP contribution in [-0.2, 0) is 11.3 Å². The minimum atomic E-state index is -0.462. The van der Waals surface area contributed by atoms with E-state index in [1.165, 1.54) is 29.2 Å². The van der Waals surface area contributed by atoms with Crippen molar-refractivity contribution in [1.29, 1.82) is 0 Å². The molecule has 5 nitrogen and oxygen atoms in total. The largest absolute Gasteiger partial charge is 0.348 e. The second-order valence-electron chi connectivity index (χ2n) is 7.35. The van der Waals surface area contributed by atoms with Crippen LogP contribution in [0, 0.1) is 5.82 Å². The van der Waals surface area contributed by atoms with Gasteiger partial charge in [-0.3, -0.25) is 14.4 Å². The number of ketones is 1. The first kappa shape index (κ1) is 21.5. The molecule has 0 aliphatic carbocycles. The molecule has 2 amide bonds. The lowest BCUT2D eigenvalue weighted by Crippen LogP contribution is -2.37. The van der Waals surface area contributed by atoms with E-state index < -0.39 is 11.7 Å². The van der Waals surface area contributed by atoms with Crippen LogP contribution >= 0.6 is 11.6 Å². The number of likely N-dealkylation sites (N-methyl/N-ethyl adjacent to an activating group) is 1. The Kier molecular flexibility index (Phi) is 5.88. The minimum absolute atomic E-state index is 0.00821. The zero-order chi connectivity index (χ0) is 22.8. The number of fused-ring (bicyclic) bond motifs is 1. The van der Waals surface area contributed by atoms with Crippen molar-refractivity contribution in [2.24, 2.45) is 0 Å². The molecule has 3 aromatic carbocycles. The number of carbonyl (C=O) groups excluding carboxylic acids is 3. The van der Waals surface area contributed by atoms with Crippen LogP contribution in [0.3, 0.4) is 0 Å². The Hall–Kier alpha value is -3.77. The average molecular weight is 449 g/mol. The van der Waals surface area contributed by atoms with Crippen molar-refractivity contribution in [2.45, 2.75) is 6.54 Å². The predicted molar refractivity (Wildman–Crippen MR) is 121 cm³/mol. The second-order valence-corrected chi connectivity index (χ2v) is 7.78. The summed E-state index contributed by atoms with van der Waals surface area (Å²) in [7, 11) is 1.58. The predicted octanol–water partition coefficient (Wildman–Crippen LogP) is 4.65. The molecule has 0 fully saturated rings. The van der Waals surface area contributed by atoms with Gasteiger partial charge < -0.3 is 10.2 Å². The Balaban J connectivity index is 1.61. The maximum absolute atomic E-state index is 13.1. The summed E-state index contributed by atoms with van der Waals surface area (Å²) < 4.78 is 13.0. The molecule has 0 unspecified atom stereocenters. The number of halogens is 2. The summed E-state index contributed by atoms with van der Waals surface area (Å²) in [6.45, 7) is 0.211. The quantitative estimate of drug-likeness (QED) is 0.466. The van der Waals surface area contributed by atoms with Crippen molar-refractivity contribution < 1.29 is 18.8 Å². The molecule has 7 heteroatoms. The Morgan fingerprint density at radius 2 is 1.81 bits per heavy atom. The summed E-state index contributed by atoms with van der Waals surface area (Å²) in [6, 6.07) is 17.2. The van der Waals surface area contributed by atoms with Gasteiger partial charge in [-0.05, 0) is 59.7 Å². The number of carbonyl (C=O) groups is 3. The van der Waals surface area contributed by atoms with Gasteiger partial charge in [0, 0.05) is 29.7 Å². The highest BCUT2D eigenvalue weighted by Gasteiger charge is 2.33. The Labute approximate surface area is 189 Å². The zero-order valence-electron chi connectivity index (χ0n) is 17.1. The van der Waals surface area contributed by atoms with Gasteiger partial charge in [-0.25, -0.2) is 4.39 Å². The van der Waals surface area contributed by atoms with Crippen LogP contribution in [-0.4, -0.2) is 24.6 Å². The fraction of sp³-hybridized carbons (Fsp3) is 0.0800. The summed E-state index contributed by atoms with van der Waals surface area (Å²) in [5, 5.41) is 3.24. The van der Waals surface area contributed by atoms with E-state index in [-0.39, 0.29) is 35.0 Å². The third-order valence-corrected chi connectivity index (χ3v) is 5.41. The number of Topliss-reactive ketones (excluding diaryl/α,β-unsaturated/α-hetero) is 1. The summed E-state index contributed by atoms with van der Waals surface area (Å²) in [5.74, 6) is -1.63. The van der Waals surface area contributed by atoms with Gasteiger partial charge >= 0.3 is 0 Å². The van der Waals surface area contributed by atoms with Crippen molar-refractivity contribution in [3.63, 3.8) is 0 Å². The lowest BCUT2D eigenvalue weighted by Gasteiger charge is -2.27. The van der Waals surface area contributed by atoms with Gasteiger partial charge in [0.2, 0.25) is 5.78 Å². The first-order chi connectivity index (χ1) is 15.3. The van der Waals surface area contributed by atoms with E-state index in [1.807, 2.05) is 0 Å². The van der Waals surface area contributed by atoms with Crippen LogP contribution < -0.4 is 10.2 Å². The van der Waals surface area contributed by atoms with Crippen LogP contribution in [0.15, 0.2) is 72.3 Å². The van der Waals surface area contributed by atoms with Crippen molar-refractivity contribution in [3.05, 3.63) is 105 Å². The van der Waals surface area contributed by atoms with Gasteiger partial charge in [0.05, 0.1) is 11.3 Å². The highest BCUT2D eigenvalue weighted by Crippen LogP contribution is 2.31. The van der Waals surface area contributed by atoms with E-state index in [0.717, 1.165) is 5.56 Å². The van der Waals surface area contributed by atoms with Crippen LogP contribution in [0.1, 0.15) is 31.8 Å². The van der Waals surface area contributed by atoms with E-state index in [4.69, 9.17) is 11.6 Å². The first-order valence-corrected chi connectivity index (χ1v) is 10.2. The van der Waals surface area contributed by atoms with Crippen LogP contribution in [0.5, 0.6) is 0 Å². The number of anilines is 1. The highest BCUT2D eigenvalue weighted by atomic mass is 35.5. The molecule has 4 rings (SSSR count). The molecule has 160 valence electrons. The van der Waals surface area contributed by atoms with Gasteiger partial charge in [0.25, 0.3) is 11.8 Å². The van der Waals surface area contributed by atoms with E-state index in [2.05, 4.69) is 5.32 Å². The number of nitrogens with one attached hydrogen (secondary N) is 1. The summed E-state index contributed by atoms with van der Waals surface area (Å²) in [6.07, 6.45) is 1.50. The molecule has 1 heterocycles. The van der Waals surface area contributed by atoms with Crippen LogP contribution in [0.25, 0.3) is 6.08 Å². The molecular formula is C25H18ClFN2O3. The second kappa shape index (κ2) is 8.77. The standard InChI is InChI=1S/C25H18ClFN2O3/c1-29-22-10-7-17(24(31)28-14-15-5-8-19(27)9-6-15)13-20(22)23(30)21(25(29)32)12-16-3-2-4-18(26)11-16/h2-13H,14H2,1H3,(H,28,31)/b21-12-. The Bertz CT molecular complexity index is 1270. The van der Waals surface area contributed by atoms with Gasteiger partial charge in [-0.2, -0.15) is 0 Å². The molecule has 1 aliphatic heterocycles. The van der Waals surface area contributed by atoms with Crippen molar-refractivity contribution >= 4 is 41.0 Å². The van der Waals surface area contributed by atoms with Crippen molar-refractivity contribution in [2.75, 3.05) is 11.9 Å². The van der Waals surface area contributed by atoms with Crippen molar-refractivity contribution in [1.82, 2.24) is 5.32 Å². The molecule has 0 spiro atoms. The van der Waals surface area contributed by atoms with Crippen LogP contribution in [0.2, 0.25) is 5.02 Å². The number of hydrogen-bond acceptors (Lipinski definition) is 3. The molecule has 1 aliphatic rings. The Morgan fingerprint density at radius 3 is 2.53 bits per heavy atom. The van der Waals surface area contributed by atoms with Gasteiger partial charge in [0.1, 0.15) is 5.82 Å². The molecule has 0 saturated carbocycles. The SMILES string of the molecule is CN1C(=O)/C(=C\c2cccc(Cl)c2)C(=O)c2cc(C(=O)NCc3ccc(F)cc3)ccc21. The van der Waals surface area contributed by atoms with Crippen LogP contribution in [0.4, 0.5) is 10.1 Å². The van der Waals surface area contributed by atoms with Crippen molar-refractivity contribution in [3.8, 4) is 0 Å². The monoisotopic (exact) mass is 448 g/mol. The lowest BCUT2D eigenvalue weighted by molar-refractivity contribution is -0.114. The normalized spacial score (nSPS) is 14.5. The number of hydrogen-bond donors (Lipinski definition) is 1. The zero-order valence-corrected chi connectivity index (χ0v) is 17.8. The minimum Gasteiger partial charge on any atom is -0.348 e. The molecule has 1 N–H and O–H groups in total. The van der Waals surface area contributed by atoms with Gasteiger partial charge in [-0.15, -0.1) is 0 Å². The third kappa shape index (κ3) is 4.31. The van der Waals surface area contributed by atoms with Gasteiger partial charge in [0.15, 0.2) is 0 Å².